The Morgan fingerprint density at radius 1 is 1.09 bits per heavy atom. The van der Waals surface area contributed by atoms with Crippen LogP contribution in [0.2, 0.25) is 0 Å². The summed E-state index contributed by atoms with van der Waals surface area (Å²) in [5.41, 5.74) is 5.51. The Hall–Kier alpha value is -3.36. The van der Waals surface area contributed by atoms with Crippen LogP contribution in [0.3, 0.4) is 0 Å². The second-order valence-electron chi connectivity index (χ2n) is 8.09. The number of aromatic hydroxyl groups is 1. The minimum absolute atomic E-state index is 0.167. The molecule has 2 N–H and O–H groups in total. The Morgan fingerprint density at radius 2 is 1.66 bits per heavy atom. The number of rotatable bonds is 5. The number of ketones is 1. The van der Waals surface area contributed by atoms with Gasteiger partial charge >= 0.3 is 0 Å². The van der Waals surface area contributed by atoms with Crippen molar-refractivity contribution in [1.82, 2.24) is 5.32 Å². The highest BCUT2D eigenvalue weighted by molar-refractivity contribution is 5.72. The van der Waals surface area contributed by atoms with E-state index in [1.807, 2.05) is 52.1 Å². The van der Waals surface area contributed by atoms with Gasteiger partial charge in [0.05, 0.1) is 0 Å². The van der Waals surface area contributed by atoms with Gasteiger partial charge in [0, 0.05) is 12.6 Å². The van der Waals surface area contributed by atoms with Gasteiger partial charge < -0.3 is 15.2 Å². The zero-order chi connectivity index (χ0) is 27.8. The number of phenols is 1. The molecular weight excluding hydrogens is 434 g/mol. The lowest BCUT2D eigenvalue weighted by molar-refractivity contribution is -0.115. The van der Waals surface area contributed by atoms with Crippen molar-refractivity contribution in [2.75, 3.05) is 0 Å². The fraction of sp³-hybridized carbons (Fsp3) is 0.387. The highest BCUT2D eigenvalue weighted by Crippen LogP contribution is 2.22. The Balaban J connectivity index is -0.000000409. The maximum Gasteiger partial charge on any atom is 0.126 e. The molecule has 2 rings (SSSR count). The van der Waals surface area contributed by atoms with E-state index in [0.717, 1.165) is 17.7 Å². The molecule has 2 aromatic carbocycles. The summed E-state index contributed by atoms with van der Waals surface area (Å²) in [6, 6.07) is 14.4. The third-order valence-corrected chi connectivity index (χ3v) is 3.88. The van der Waals surface area contributed by atoms with Crippen LogP contribution in [0.4, 0.5) is 0 Å². The fourth-order valence-corrected chi connectivity index (χ4v) is 2.20. The van der Waals surface area contributed by atoms with Gasteiger partial charge in [0.1, 0.15) is 17.5 Å². The summed E-state index contributed by atoms with van der Waals surface area (Å²) in [5, 5.41) is 12.5. The molecule has 0 bridgehead atoms. The van der Waals surface area contributed by atoms with E-state index >= 15 is 0 Å². The molecule has 0 radical (unpaired) electrons. The Morgan fingerprint density at radius 3 is 2.03 bits per heavy atom. The van der Waals surface area contributed by atoms with Gasteiger partial charge in [0.15, 0.2) is 0 Å². The number of phenolic OH excluding ortho intramolecular Hbond substituents is 1. The molecule has 0 heterocycles. The normalized spacial score (nSPS) is 8.89. The van der Waals surface area contributed by atoms with Crippen molar-refractivity contribution in [2.24, 2.45) is 0 Å². The maximum atomic E-state index is 9.44. The molecule has 0 aliphatic rings. The van der Waals surface area contributed by atoms with Crippen LogP contribution in [-0.4, -0.2) is 16.8 Å². The zero-order valence-corrected chi connectivity index (χ0v) is 23.5. The highest BCUT2D eigenvalue weighted by atomic mass is 16.3. The number of aryl methyl sites for hydroxylation is 2. The molecule has 0 saturated carbocycles. The SMILES string of the molecule is C/C=C/NCc1cccc(C)c1.C=C(C)C=C=O.CC.CC(C)=O.Cc1ccc(C(C)C)cc1O. The molecule has 0 saturated heterocycles. The molecule has 35 heavy (non-hydrogen) atoms. The monoisotopic (exact) mass is 481 g/mol. The van der Waals surface area contributed by atoms with Crippen LogP contribution >= 0.6 is 0 Å². The minimum Gasteiger partial charge on any atom is -0.508 e. The first-order valence-electron chi connectivity index (χ1n) is 12.0. The van der Waals surface area contributed by atoms with Crippen LogP contribution in [-0.2, 0) is 16.1 Å². The van der Waals surface area contributed by atoms with Gasteiger partial charge in [-0.25, -0.2) is 4.79 Å². The summed E-state index contributed by atoms with van der Waals surface area (Å²) in [7, 11) is 0. The van der Waals surface area contributed by atoms with Gasteiger partial charge in [0.25, 0.3) is 0 Å². The smallest absolute Gasteiger partial charge is 0.126 e. The average Bonchev–Trinajstić information content (AvgIpc) is 2.78. The number of nitrogens with one attached hydrogen (secondary N) is 1. The van der Waals surface area contributed by atoms with Crippen molar-refractivity contribution in [2.45, 2.75) is 81.7 Å². The van der Waals surface area contributed by atoms with E-state index in [4.69, 9.17) is 0 Å². The number of hydrogen-bond acceptors (Lipinski definition) is 4. The molecule has 194 valence electrons. The minimum atomic E-state index is 0.167. The average molecular weight is 482 g/mol. The van der Waals surface area contributed by atoms with E-state index in [2.05, 4.69) is 63.0 Å². The third kappa shape index (κ3) is 25.1. The lowest BCUT2D eigenvalue weighted by Crippen LogP contribution is -2.03. The third-order valence-electron chi connectivity index (χ3n) is 3.88. The van der Waals surface area contributed by atoms with Gasteiger partial charge in [-0.15, -0.1) is 0 Å². The van der Waals surface area contributed by atoms with E-state index in [9.17, 15) is 14.7 Å². The van der Waals surface area contributed by atoms with Crippen LogP contribution in [0.5, 0.6) is 5.75 Å². The Labute approximate surface area is 214 Å². The van der Waals surface area contributed by atoms with Crippen LogP contribution in [0.25, 0.3) is 0 Å². The number of allylic oxidation sites excluding steroid dienone is 3. The zero-order valence-electron chi connectivity index (χ0n) is 23.5. The lowest BCUT2D eigenvalue weighted by Gasteiger charge is -2.06. The van der Waals surface area contributed by atoms with E-state index in [1.54, 1.807) is 12.9 Å². The predicted octanol–water partition coefficient (Wildman–Crippen LogP) is 8.01. The van der Waals surface area contributed by atoms with Crippen LogP contribution in [0, 0.1) is 13.8 Å². The van der Waals surface area contributed by atoms with Gasteiger partial charge in [-0.2, -0.15) is 0 Å². The fourth-order valence-electron chi connectivity index (χ4n) is 2.20. The predicted molar refractivity (Wildman–Crippen MR) is 153 cm³/mol. The molecule has 4 heteroatoms. The summed E-state index contributed by atoms with van der Waals surface area (Å²) >= 11 is 0. The van der Waals surface area contributed by atoms with E-state index < -0.39 is 0 Å². The number of carbonyl (C=O) groups is 1. The van der Waals surface area contributed by atoms with Crippen molar-refractivity contribution in [1.29, 1.82) is 0 Å². The summed E-state index contributed by atoms with van der Waals surface area (Å²) in [6.07, 6.45) is 5.25. The van der Waals surface area contributed by atoms with Gasteiger partial charge in [-0.3, -0.25) is 0 Å². The molecule has 4 nitrogen and oxygen atoms in total. The highest BCUT2D eigenvalue weighted by Gasteiger charge is 2.01. The Kier molecular flexibility index (Phi) is 24.6. The van der Waals surface area contributed by atoms with Crippen molar-refractivity contribution in [3.05, 3.63) is 95.2 Å². The number of benzene rings is 2. The van der Waals surface area contributed by atoms with E-state index in [1.165, 1.54) is 36.6 Å². The Bertz CT molecular complexity index is 917. The van der Waals surface area contributed by atoms with Crippen LogP contribution in [0.15, 0.2) is 73.0 Å². The molecule has 0 atom stereocenters. The molecule has 2 aromatic rings. The maximum absolute atomic E-state index is 9.44. The molecular formula is C31H47NO3. The van der Waals surface area contributed by atoms with Crippen molar-refractivity contribution in [3.8, 4) is 5.75 Å². The van der Waals surface area contributed by atoms with Crippen LogP contribution in [0.1, 0.15) is 83.6 Å². The summed E-state index contributed by atoms with van der Waals surface area (Å²) in [6.45, 7) is 23.4. The molecule has 0 unspecified atom stereocenters. The van der Waals surface area contributed by atoms with E-state index in [0.29, 0.717) is 11.7 Å². The lowest BCUT2D eigenvalue weighted by atomic mass is 10.0. The number of hydrogen-bond donors (Lipinski definition) is 2. The standard InChI is InChI=1S/C11H15N.C10H14O.C5H6O.C3H6O.C2H6/c1-3-7-12-9-11-6-4-5-10(2)8-11;1-7(2)9-5-4-8(3)10(11)6-9;1-5(2)3-4-6;1-3(2)4;1-2/h3-8,12H,9H2,1-2H3;4-7,11H,1-3H3;3H,1H2,2H3;1-2H3;1-2H3/b7-3+;;;;. The summed E-state index contributed by atoms with van der Waals surface area (Å²) in [4.78, 5) is 18.8. The first kappa shape index (κ1) is 36.2. The number of Topliss-reactive ketones (excluding diaryl/α,β-unsaturated/α-hetero) is 1. The van der Waals surface area contributed by atoms with Gasteiger partial charge in [-0.05, 0) is 82.0 Å². The number of carbonyl (C=O) groups excluding carboxylic acids is 2. The summed E-state index contributed by atoms with van der Waals surface area (Å²) in [5.74, 6) is 2.65. The quantitative estimate of drug-likeness (QED) is 0.335. The van der Waals surface area contributed by atoms with Crippen LogP contribution < -0.4 is 5.32 Å². The van der Waals surface area contributed by atoms with E-state index in [-0.39, 0.29) is 5.78 Å². The molecule has 0 amide bonds. The molecule has 0 aliphatic carbocycles. The first-order valence-corrected chi connectivity index (χ1v) is 12.0. The summed E-state index contributed by atoms with van der Waals surface area (Å²) < 4.78 is 0. The van der Waals surface area contributed by atoms with Crippen molar-refractivity contribution in [3.63, 3.8) is 0 Å². The molecule has 0 aromatic heterocycles. The van der Waals surface area contributed by atoms with Gasteiger partial charge in [0.2, 0.25) is 0 Å². The second kappa shape index (κ2) is 23.8. The largest absolute Gasteiger partial charge is 0.508 e. The van der Waals surface area contributed by atoms with Crippen molar-refractivity contribution >= 4 is 11.7 Å². The molecule has 0 spiro atoms. The molecule has 0 fully saturated rings. The topological polar surface area (TPSA) is 66.4 Å². The second-order valence-corrected chi connectivity index (χ2v) is 8.09. The van der Waals surface area contributed by atoms with Gasteiger partial charge in [-0.1, -0.05) is 82.3 Å². The molecule has 0 aliphatic heterocycles. The van der Waals surface area contributed by atoms with Crippen molar-refractivity contribution < 1.29 is 14.7 Å². The first-order chi connectivity index (χ1) is 16.4.